The van der Waals surface area contributed by atoms with E-state index in [-0.39, 0.29) is 5.41 Å². The van der Waals surface area contributed by atoms with Crippen LogP contribution in [-0.4, -0.2) is 58.4 Å². The maximum Gasteiger partial charge on any atom is 0.193 e. The number of aliphatic imine (C=N–C) groups is 1. The zero-order valence-corrected chi connectivity index (χ0v) is 16.5. The van der Waals surface area contributed by atoms with Gasteiger partial charge in [-0.3, -0.25) is 4.99 Å². The molecule has 1 atom stereocenters. The molecule has 2 fully saturated rings. The summed E-state index contributed by atoms with van der Waals surface area (Å²) < 4.78 is 11.0. The third-order valence-electron chi connectivity index (χ3n) is 6.02. The highest BCUT2D eigenvalue weighted by molar-refractivity contribution is 5.80. The van der Waals surface area contributed by atoms with Crippen molar-refractivity contribution in [2.45, 2.75) is 37.5 Å². The summed E-state index contributed by atoms with van der Waals surface area (Å²) >= 11 is 0. The summed E-state index contributed by atoms with van der Waals surface area (Å²) in [5.74, 6) is 2.63. The molecule has 1 saturated carbocycles. The van der Waals surface area contributed by atoms with Crippen molar-refractivity contribution in [2.24, 2.45) is 10.9 Å². The van der Waals surface area contributed by atoms with Crippen LogP contribution in [-0.2, 0) is 10.2 Å². The smallest absolute Gasteiger partial charge is 0.193 e. The molecule has 1 unspecified atom stereocenters. The third-order valence-corrected chi connectivity index (χ3v) is 6.02. The molecule has 5 nitrogen and oxygen atoms in total. The fourth-order valence-corrected chi connectivity index (χ4v) is 4.65. The van der Waals surface area contributed by atoms with Crippen molar-refractivity contribution in [1.29, 1.82) is 0 Å². The Morgan fingerprint density at radius 2 is 2.04 bits per heavy atom. The van der Waals surface area contributed by atoms with Crippen LogP contribution in [0.2, 0.25) is 0 Å². The number of nitrogens with zero attached hydrogens (tertiary/aromatic N) is 2. The number of likely N-dealkylation sites (tertiary alicyclic amines) is 1. The lowest BCUT2D eigenvalue weighted by atomic mass is 9.78. The number of guanidine groups is 1. The van der Waals surface area contributed by atoms with Gasteiger partial charge in [-0.15, -0.1) is 0 Å². The monoisotopic (exact) mass is 359 g/mol. The van der Waals surface area contributed by atoms with Crippen LogP contribution in [0.1, 0.15) is 37.7 Å². The third kappa shape index (κ3) is 3.98. The van der Waals surface area contributed by atoms with Gasteiger partial charge in [0.2, 0.25) is 0 Å². The van der Waals surface area contributed by atoms with Crippen molar-refractivity contribution >= 4 is 5.96 Å². The van der Waals surface area contributed by atoms with Crippen molar-refractivity contribution in [3.63, 3.8) is 0 Å². The fourth-order valence-electron chi connectivity index (χ4n) is 4.65. The van der Waals surface area contributed by atoms with E-state index in [0.717, 1.165) is 38.0 Å². The highest BCUT2D eigenvalue weighted by Gasteiger charge is 2.38. The van der Waals surface area contributed by atoms with Gasteiger partial charge in [-0.05, 0) is 25.3 Å². The molecule has 3 rings (SSSR count). The summed E-state index contributed by atoms with van der Waals surface area (Å²) in [6, 6.07) is 8.50. The number of methoxy groups -OCH3 is 2. The largest absolute Gasteiger partial charge is 0.496 e. The molecule has 144 valence electrons. The van der Waals surface area contributed by atoms with E-state index < -0.39 is 0 Å². The summed E-state index contributed by atoms with van der Waals surface area (Å²) in [6.07, 6.45) is 6.12. The normalized spacial score (nSPS) is 22.7. The number of nitrogens with one attached hydrogen (secondary N) is 1. The van der Waals surface area contributed by atoms with Gasteiger partial charge in [0.1, 0.15) is 5.75 Å². The lowest BCUT2D eigenvalue weighted by Gasteiger charge is -2.33. The zero-order valence-electron chi connectivity index (χ0n) is 16.5. The molecule has 1 heterocycles. The Hall–Kier alpha value is -1.75. The maximum absolute atomic E-state index is 5.67. The molecule has 0 amide bonds. The molecule has 1 aromatic rings. The van der Waals surface area contributed by atoms with E-state index in [4.69, 9.17) is 9.47 Å². The molecule has 5 heteroatoms. The predicted octanol–water partition coefficient (Wildman–Crippen LogP) is 3.05. The second kappa shape index (κ2) is 8.76. The van der Waals surface area contributed by atoms with Crippen LogP contribution in [0.4, 0.5) is 0 Å². The fraction of sp³-hybridized carbons (Fsp3) is 0.667. The Morgan fingerprint density at radius 1 is 1.27 bits per heavy atom. The lowest BCUT2D eigenvalue weighted by Crippen LogP contribution is -2.46. The first-order chi connectivity index (χ1) is 12.7. The van der Waals surface area contributed by atoms with E-state index in [2.05, 4.69) is 39.5 Å². The maximum atomic E-state index is 5.67. The SMILES string of the molecule is CN=C(NCC1(c2ccccc2OC)CCCC1)N1CCC(COC)C1. The van der Waals surface area contributed by atoms with Gasteiger partial charge in [0.05, 0.1) is 13.7 Å². The molecule has 1 N–H and O–H groups in total. The van der Waals surface area contributed by atoms with Crippen LogP contribution in [0, 0.1) is 5.92 Å². The molecule has 0 spiro atoms. The first kappa shape index (κ1) is 19.0. The molecule has 0 radical (unpaired) electrons. The summed E-state index contributed by atoms with van der Waals surface area (Å²) in [7, 11) is 5.44. The molecule has 26 heavy (non-hydrogen) atoms. The topological polar surface area (TPSA) is 46.1 Å². The summed E-state index contributed by atoms with van der Waals surface area (Å²) in [5, 5.41) is 3.69. The van der Waals surface area contributed by atoms with Crippen molar-refractivity contribution in [1.82, 2.24) is 10.2 Å². The Balaban J connectivity index is 1.71. The van der Waals surface area contributed by atoms with Crippen LogP contribution in [0.15, 0.2) is 29.3 Å². The number of hydrogen-bond acceptors (Lipinski definition) is 3. The van der Waals surface area contributed by atoms with Crippen LogP contribution in [0.3, 0.4) is 0 Å². The Kier molecular flexibility index (Phi) is 6.41. The van der Waals surface area contributed by atoms with Crippen molar-refractivity contribution < 1.29 is 9.47 Å². The summed E-state index contributed by atoms with van der Waals surface area (Å²) in [6.45, 7) is 3.81. The van der Waals surface area contributed by atoms with Crippen molar-refractivity contribution in [3.8, 4) is 5.75 Å². The van der Waals surface area contributed by atoms with Crippen LogP contribution < -0.4 is 10.1 Å². The first-order valence-electron chi connectivity index (χ1n) is 9.80. The number of ether oxygens (including phenoxy) is 2. The minimum absolute atomic E-state index is 0.133. The Morgan fingerprint density at radius 3 is 2.73 bits per heavy atom. The molecule has 0 aromatic heterocycles. The van der Waals surface area contributed by atoms with Gasteiger partial charge in [0.15, 0.2) is 5.96 Å². The minimum Gasteiger partial charge on any atom is -0.496 e. The van der Waals surface area contributed by atoms with Crippen LogP contribution >= 0.6 is 0 Å². The van der Waals surface area contributed by atoms with E-state index in [9.17, 15) is 0 Å². The van der Waals surface area contributed by atoms with Gasteiger partial charge >= 0.3 is 0 Å². The van der Waals surface area contributed by atoms with Crippen LogP contribution in [0.25, 0.3) is 0 Å². The van der Waals surface area contributed by atoms with Crippen LogP contribution in [0.5, 0.6) is 5.75 Å². The lowest BCUT2D eigenvalue weighted by molar-refractivity contribution is 0.157. The highest BCUT2D eigenvalue weighted by Crippen LogP contribution is 2.44. The average Bonchev–Trinajstić information content (AvgIpc) is 3.33. The van der Waals surface area contributed by atoms with Gasteiger partial charge < -0.3 is 19.7 Å². The molecule has 1 aliphatic heterocycles. The average molecular weight is 360 g/mol. The molecule has 1 aromatic carbocycles. The van der Waals surface area contributed by atoms with Gasteiger partial charge in [-0.1, -0.05) is 31.0 Å². The zero-order chi connectivity index (χ0) is 18.4. The molecule has 0 bridgehead atoms. The summed E-state index contributed by atoms with van der Waals surface area (Å²) in [4.78, 5) is 6.92. The number of para-hydroxylation sites is 1. The van der Waals surface area contributed by atoms with E-state index >= 15 is 0 Å². The van der Waals surface area contributed by atoms with E-state index in [1.807, 2.05) is 7.05 Å². The molecular formula is C21H33N3O2. The van der Waals surface area contributed by atoms with Crippen molar-refractivity contribution in [2.75, 3.05) is 47.5 Å². The molecule has 1 aliphatic carbocycles. The predicted molar refractivity (Wildman–Crippen MR) is 106 cm³/mol. The van der Waals surface area contributed by atoms with E-state index in [1.54, 1.807) is 14.2 Å². The number of rotatable bonds is 6. The molecule has 2 aliphatic rings. The Bertz CT molecular complexity index is 611. The van der Waals surface area contributed by atoms with Crippen molar-refractivity contribution in [3.05, 3.63) is 29.8 Å². The number of benzene rings is 1. The van der Waals surface area contributed by atoms with Gasteiger partial charge in [-0.25, -0.2) is 0 Å². The first-order valence-corrected chi connectivity index (χ1v) is 9.80. The number of hydrogen-bond donors (Lipinski definition) is 1. The van der Waals surface area contributed by atoms with Gasteiger partial charge in [0, 0.05) is 50.7 Å². The quantitative estimate of drug-likeness (QED) is 0.626. The highest BCUT2D eigenvalue weighted by atomic mass is 16.5. The van der Waals surface area contributed by atoms with E-state index in [1.165, 1.54) is 37.7 Å². The molecule has 1 saturated heterocycles. The Labute approximate surface area is 157 Å². The summed E-state index contributed by atoms with van der Waals surface area (Å²) in [5.41, 5.74) is 1.47. The second-order valence-corrected chi connectivity index (χ2v) is 7.64. The van der Waals surface area contributed by atoms with E-state index in [0.29, 0.717) is 5.92 Å². The standard InChI is InChI=1S/C21H33N3O2/c1-22-20(24-13-10-17(14-24)15-25-2)23-16-21(11-6-7-12-21)18-8-4-5-9-19(18)26-3/h4-5,8-9,17H,6-7,10-16H2,1-3H3,(H,22,23). The second-order valence-electron chi connectivity index (χ2n) is 7.64. The van der Waals surface area contributed by atoms with Gasteiger partial charge in [-0.2, -0.15) is 0 Å². The van der Waals surface area contributed by atoms with Gasteiger partial charge in [0.25, 0.3) is 0 Å². The molecular weight excluding hydrogens is 326 g/mol. The minimum atomic E-state index is 0.133.